The van der Waals surface area contributed by atoms with Crippen LogP contribution in [-0.4, -0.2) is 22.6 Å². The van der Waals surface area contributed by atoms with Crippen molar-refractivity contribution in [3.8, 4) is 0 Å². The molecule has 0 saturated heterocycles. The van der Waals surface area contributed by atoms with Crippen molar-refractivity contribution in [1.29, 1.82) is 0 Å². The lowest BCUT2D eigenvalue weighted by molar-refractivity contribution is -0.127. The molecule has 0 saturated carbocycles. The first-order valence-corrected chi connectivity index (χ1v) is 5.93. The van der Waals surface area contributed by atoms with Crippen LogP contribution in [0, 0.1) is 0 Å². The highest BCUT2D eigenvalue weighted by Crippen LogP contribution is 2.25. The number of aromatic carboxylic acids is 1. The molecule has 2 nitrogen and oxygen atoms in total. The number of aryl methyl sites for hydroxylation is 1. The molecule has 94 valence electrons. The Hall–Kier alpha value is -1.04. The topological polar surface area (TPSA) is 37.3 Å². The SMILES string of the molecule is O=C(O)c1ccc(CCBr)c(CC(F)(F)F)c1. The number of carboxylic acids is 1. The van der Waals surface area contributed by atoms with Gasteiger partial charge in [0.25, 0.3) is 0 Å². The lowest BCUT2D eigenvalue weighted by Crippen LogP contribution is -2.14. The van der Waals surface area contributed by atoms with E-state index in [1.807, 2.05) is 0 Å². The molecule has 0 atom stereocenters. The molecular weight excluding hydrogens is 301 g/mol. The predicted molar refractivity (Wildman–Crippen MR) is 60.7 cm³/mol. The van der Waals surface area contributed by atoms with Gasteiger partial charge >= 0.3 is 12.1 Å². The van der Waals surface area contributed by atoms with E-state index in [0.717, 1.165) is 6.07 Å². The average molecular weight is 311 g/mol. The van der Waals surface area contributed by atoms with E-state index in [1.54, 1.807) is 0 Å². The van der Waals surface area contributed by atoms with E-state index >= 15 is 0 Å². The Bertz CT molecular complexity index is 416. The molecule has 1 rings (SSSR count). The fourth-order valence-corrected chi connectivity index (χ4v) is 1.91. The van der Waals surface area contributed by atoms with Crippen LogP contribution in [0.3, 0.4) is 0 Å². The van der Waals surface area contributed by atoms with Crippen LogP contribution in [0.25, 0.3) is 0 Å². The summed E-state index contributed by atoms with van der Waals surface area (Å²) in [5, 5.41) is 9.27. The van der Waals surface area contributed by atoms with Gasteiger partial charge in [0.15, 0.2) is 0 Å². The highest BCUT2D eigenvalue weighted by molar-refractivity contribution is 9.09. The normalized spacial score (nSPS) is 11.5. The number of alkyl halides is 4. The second-order valence-corrected chi connectivity index (χ2v) is 4.31. The second kappa shape index (κ2) is 5.53. The Morgan fingerprint density at radius 3 is 2.41 bits per heavy atom. The van der Waals surface area contributed by atoms with Gasteiger partial charge in [0.2, 0.25) is 0 Å². The van der Waals surface area contributed by atoms with Crippen molar-refractivity contribution in [3.05, 3.63) is 34.9 Å². The van der Waals surface area contributed by atoms with Crippen LogP contribution < -0.4 is 0 Å². The highest BCUT2D eigenvalue weighted by Gasteiger charge is 2.29. The number of benzene rings is 1. The number of carbonyl (C=O) groups is 1. The van der Waals surface area contributed by atoms with E-state index in [9.17, 15) is 18.0 Å². The molecule has 17 heavy (non-hydrogen) atoms. The fourth-order valence-electron chi connectivity index (χ4n) is 1.49. The molecule has 1 aromatic rings. The smallest absolute Gasteiger partial charge is 0.393 e. The third-order valence-electron chi connectivity index (χ3n) is 2.21. The van der Waals surface area contributed by atoms with Gasteiger partial charge in [-0.3, -0.25) is 0 Å². The van der Waals surface area contributed by atoms with E-state index in [-0.39, 0.29) is 11.1 Å². The van der Waals surface area contributed by atoms with Crippen molar-refractivity contribution in [1.82, 2.24) is 0 Å². The van der Waals surface area contributed by atoms with Crippen molar-refractivity contribution in [3.63, 3.8) is 0 Å². The zero-order valence-corrected chi connectivity index (χ0v) is 10.3. The van der Waals surface area contributed by atoms with Gasteiger partial charge in [-0.25, -0.2) is 4.79 Å². The molecule has 0 aliphatic rings. The van der Waals surface area contributed by atoms with Gasteiger partial charge in [0.05, 0.1) is 12.0 Å². The van der Waals surface area contributed by atoms with Crippen molar-refractivity contribution in [2.24, 2.45) is 0 Å². The lowest BCUT2D eigenvalue weighted by Gasteiger charge is -2.12. The van der Waals surface area contributed by atoms with Gasteiger partial charge in [-0.15, -0.1) is 0 Å². The second-order valence-electron chi connectivity index (χ2n) is 3.52. The Kier molecular flexibility index (Phi) is 4.56. The van der Waals surface area contributed by atoms with Crippen LogP contribution >= 0.6 is 15.9 Å². The van der Waals surface area contributed by atoms with Crippen molar-refractivity contribution >= 4 is 21.9 Å². The molecule has 0 amide bonds. The minimum absolute atomic E-state index is 0.0249. The molecule has 0 unspecified atom stereocenters. The van der Waals surface area contributed by atoms with E-state index in [1.165, 1.54) is 12.1 Å². The summed E-state index contributed by atoms with van der Waals surface area (Å²) in [5.74, 6) is -1.22. The van der Waals surface area contributed by atoms with Crippen LogP contribution in [0.5, 0.6) is 0 Å². The quantitative estimate of drug-likeness (QED) is 0.865. The number of hydrogen-bond donors (Lipinski definition) is 1. The molecule has 6 heteroatoms. The highest BCUT2D eigenvalue weighted by atomic mass is 79.9. The first kappa shape index (κ1) is 14.0. The summed E-state index contributed by atoms with van der Waals surface area (Å²) >= 11 is 3.15. The summed E-state index contributed by atoms with van der Waals surface area (Å²) in [7, 11) is 0. The fraction of sp³-hybridized carbons (Fsp3) is 0.364. The lowest BCUT2D eigenvalue weighted by atomic mass is 9.99. The van der Waals surface area contributed by atoms with Crippen LogP contribution in [-0.2, 0) is 12.8 Å². The summed E-state index contributed by atoms with van der Waals surface area (Å²) in [5.41, 5.74) is 0.420. The summed E-state index contributed by atoms with van der Waals surface area (Å²) in [6.07, 6.45) is -5.00. The third kappa shape index (κ3) is 4.38. The van der Waals surface area contributed by atoms with Crippen molar-refractivity contribution in [2.75, 3.05) is 5.33 Å². The van der Waals surface area contributed by atoms with Crippen LogP contribution in [0.2, 0.25) is 0 Å². The monoisotopic (exact) mass is 310 g/mol. The molecular formula is C11H10BrF3O2. The van der Waals surface area contributed by atoms with Gasteiger partial charge in [-0.2, -0.15) is 13.2 Å². The maximum absolute atomic E-state index is 12.3. The Labute approximate surface area is 105 Å². The minimum atomic E-state index is -4.34. The molecule has 0 heterocycles. The van der Waals surface area contributed by atoms with Gasteiger partial charge in [0.1, 0.15) is 0 Å². The van der Waals surface area contributed by atoms with E-state index in [0.29, 0.717) is 17.3 Å². The van der Waals surface area contributed by atoms with Crippen molar-refractivity contribution in [2.45, 2.75) is 19.0 Å². The van der Waals surface area contributed by atoms with Crippen LogP contribution in [0.1, 0.15) is 21.5 Å². The van der Waals surface area contributed by atoms with Gasteiger partial charge < -0.3 is 5.11 Å². The molecule has 0 aromatic heterocycles. The third-order valence-corrected chi connectivity index (χ3v) is 2.60. The van der Waals surface area contributed by atoms with Crippen molar-refractivity contribution < 1.29 is 23.1 Å². The number of rotatable bonds is 4. The molecule has 0 aliphatic carbocycles. The Balaban J connectivity index is 3.11. The maximum atomic E-state index is 12.3. The predicted octanol–water partition coefficient (Wildman–Crippen LogP) is 3.43. The molecule has 0 radical (unpaired) electrons. The molecule has 0 bridgehead atoms. The molecule has 0 aliphatic heterocycles. The summed E-state index contributed by atoms with van der Waals surface area (Å²) in [6.45, 7) is 0. The zero-order valence-electron chi connectivity index (χ0n) is 8.72. The first-order valence-electron chi connectivity index (χ1n) is 4.81. The summed E-state index contributed by atoms with van der Waals surface area (Å²) in [6, 6.07) is 3.85. The van der Waals surface area contributed by atoms with Crippen LogP contribution in [0.4, 0.5) is 13.2 Å². The minimum Gasteiger partial charge on any atom is -0.478 e. The largest absolute Gasteiger partial charge is 0.478 e. The number of hydrogen-bond acceptors (Lipinski definition) is 1. The van der Waals surface area contributed by atoms with Gasteiger partial charge in [0, 0.05) is 5.33 Å². The Morgan fingerprint density at radius 1 is 1.29 bits per heavy atom. The average Bonchev–Trinajstić information content (AvgIpc) is 2.18. The maximum Gasteiger partial charge on any atom is 0.393 e. The number of halogens is 4. The first-order chi connectivity index (χ1) is 7.83. The standard InChI is InChI=1S/C11H10BrF3O2/c12-4-3-7-1-2-8(10(16)17)5-9(7)6-11(13,14)15/h1-2,5H,3-4,6H2,(H,16,17). The summed E-state index contributed by atoms with van der Waals surface area (Å²) in [4.78, 5) is 10.7. The molecule has 1 N–H and O–H groups in total. The zero-order chi connectivity index (χ0) is 13.1. The van der Waals surface area contributed by atoms with E-state index < -0.39 is 18.6 Å². The van der Waals surface area contributed by atoms with Gasteiger partial charge in [-0.05, 0) is 29.7 Å². The molecule has 0 fully saturated rings. The summed E-state index contributed by atoms with van der Waals surface area (Å²) < 4.78 is 37.0. The van der Waals surface area contributed by atoms with Crippen LogP contribution in [0.15, 0.2) is 18.2 Å². The van der Waals surface area contributed by atoms with E-state index in [4.69, 9.17) is 5.11 Å². The molecule has 1 aromatic carbocycles. The number of carboxylic acid groups (broad SMARTS) is 1. The van der Waals surface area contributed by atoms with E-state index in [2.05, 4.69) is 15.9 Å². The Morgan fingerprint density at radius 2 is 1.94 bits per heavy atom. The molecule has 0 spiro atoms. The van der Waals surface area contributed by atoms with Gasteiger partial charge in [-0.1, -0.05) is 22.0 Å².